The lowest BCUT2D eigenvalue weighted by Crippen LogP contribution is -2.46. The summed E-state index contributed by atoms with van der Waals surface area (Å²) in [6.07, 6.45) is 3.92. The highest BCUT2D eigenvalue weighted by molar-refractivity contribution is 6.30. The highest BCUT2D eigenvalue weighted by atomic mass is 35.5. The number of piperazine rings is 1. The molecule has 0 spiro atoms. The molecular weight excluding hydrogens is 342 g/mol. The van der Waals surface area contributed by atoms with Crippen molar-refractivity contribution >= 4 is 23.0 Å². The average molecular weight is 370 g/mol. The van der Waals surface area contributed by atoms with Gasteiger partial charge in [-0.15, -0.1) is 0 Å². The van der Waals surface area contributed by atoms with Crippen molar-refractivity contribution in [3.05, 3.63) is 59.1 Å². The fraction of sp³-hybridized carbons (Fsp3) is 0.455. The van der Waals surface area contributed by atoms with Crippen LogP contribution < -0.4 is 10.2 Å². The van der Waals surface area contributed by atoms with Crippen LogP contribution in [0.25, 0.3) is 0 Å². The van der Waals surface area contributed by atoms with Crippen LogP contribution in [-0.2, 0) is 0 Å². The lowest BCUT2D eigenvalue weighted by Gasteiger charge is -2.36. The van der Waals surface area contributed by atoms with Crippen LogP contribution in [0.1, 0.15) is 30.7 Å². The maximum atomic E-state index is 5.99. The summed E-state index contributed by atoms with van der Waals surface area (Å²) < 4.78 is 0. The molecule has 2 aliphatic heterocycles. The summed E-state index contributed by atoms with van der Waals surface area (Å²) in [5.41, 5.74) is 4.15. The quantitative estimate of drug-likeness (QED) is 0.735. The number of hydrogen-bond acceptors (Lipinski definition) is 3. The Morgan fingerprint density at radius 3 is 2.50 bits per heavy atom. The Kier molecular flexibility index (Phi) is 5.66. The zero-order valence-electron chi connectivity index (χ0n) is 15.3. The minimum Gasteiger partial charge on any atom is -0.384 e. The van der Waals surface area contributed by atoms with E-state index in [4.69, 9.17) is 11.6 Å². The average Bonchev–Trinajstić information content (AvgIpc) is 3.10. The van der Waals surface area contributed by atoms with E-state index in [0.29, 0.717) is 5.92 Å². The van der Waals surface area contributed by atoms with Gasteiger partial charge in [0.25, 0.3) is 0 Å². The molecule has 2 aromatic rings. The number of anilines is 2. The molecule has 0 aliphatic carbocycles. The van der Waals surface area contributed by atoms with E-state index in [0.717, 1.165) is 37.7 Å². The summed E-state index contributed by atoms with van der Waals surface area (Å²) in [5, 5.41) is 4.35. The molecule has 138 valence electrons. The molecule has 26 heavy (non-hydrogen) atoms. The van der Waals surface area contributed by atoms with Gasteiger partial charge in [-0.3, -0.25) is 4.90 Å². The number of nitrogens with one attached hydrogen (secondary N) is 1. The van der Waals surface area contributed by atoms with Gasteiger partial charge < -0.3 is 10.2 Å². The van der Waals surface area contributed by atoms with Gasteiger partial charge in [-0.25, -0.2) is 0 Å². The summed E-state index contributed by atoms with van der Waals surface area (Å²) in [7, 11) is 0. The Labute approximate surface area is 161 Å². The van der Waals surface area contributed by atoms with Gasteiger partial charge >= 0.3 is 0 Å². The largest absolute Gasteiger partial charge is 0.384 e. The van der Waals surface area contributed by atoms with Crippen molar-refractivity contribution in [2.75, 3.05) is 49.5 Å². The monoisotopic (exact) mass is 369 g/mol. The predicted octanol–water partition coefficient (Wildman–Crippen LogP) is 4.84. The molecule has 2 aromatic carbocycles. The van der Waals surface area contributed by atoms with Crippen molar-refractivity contribution in [2.24, 2.45) is 0 Å². The first-order chi connectivity index (χ1) is 12.8. The number of fused-ring (bicyclic) bond motifs is 1. The van der Waals surface area contributed by atoms with Gasteiger partial charge in [0, 0.05) is 55.0 Å². The molecule has 4 heteroatoms. The van der Waals surface area contributed by atoms with E-state index >= 15 is 0 Å². The molecule has 1 atom stereocenters. The molecular formula is C22H28ClN3. The summed E-state index contributed by atoms with van der Waals surface area (Å²) in [5.74, 6) is 0.702. The van der Waals surface area contributed by atoms with Gasteiger partial charge in [0.15, 0.2) is 0 Å². The van der Waals surface area contributed by atoms with E-state index in [1.54, 1.807) is 0 Å². The standard InChI is InChI=1S/C22H28ClN3/c23-19-8-10-20(11-9-19)26-15-13-25(14-16-26)12-4-3-5-18-17-24-22-7-2-1-6-21(18)22/h1-2,6-11,18,24H,3-5,12-17H2. The van der Waals surface area contributed by atoms with Crippen molar-refractivity contribution in [3.8, 4) is 0 Å². The second kappa shape index (κ2) is 8.32. The van der Waals surface area contributed by atoms with Gasteiger partial charge in [0.2, 0.25) is 0 Å². The minimum atomic E-state index is 0.702. The maximum Gasteiger partial charge on any atom is 0.0407 e. The molecule has 1 saturated heterocycles. The minimum absolute atomic E-state index is 0.702. The molecule has 1 fully saturated rings. The zero-order chi connectivity index (χ0) is 17.8. The van der Waals surface area contributed by atoms with Crippen LogP contribution in [0.5, 0.6) is 0 Å². The topological polar surface area (TPSA) is 18.5 Å². The fourth-order valence-electron chi connectivity index (χ4n) is 4.22. The molecule has 0 aromatic heterocycles. The Morgan fingerprint density at radius 2 is 1.69 bits per heavy atom. The third-order valence-corrected chi connectivity index (χ3v) is 6.03. The van der Waals surface area contributed by atoms with Crippen molar-refractivity contribution < 1.29 is 0 Å². The summed E-state index contributed by atoms with van der Waals surface area (Å²) >= 11 is 5.99. The Bertz CT molecular complexity index is 708. The first kappa shape index (κ1) is 17.7. The molecule has 2 heterocycles. The van der Waals surface area contributed by atoms with E-state index in [-0.39, 0.29) is 0 Å². The molecule has 3 nitrogen and oxygen atoms in total. The highest BCUT2D eigenvalue weighted by Crippen LogP contribution is 2.34. The van der Waals surface area contributed by atoms with Gasteiger partial charge in [-0.2, -0.15) is 0 Å². The van der Waals surface area contributed by atoms with Crippen LogP contribution in [0.4, 0.5) is 11.4 Å². The summed E-state index contributed by atoms with van der Waals surface area (Å²) in [6, 6.07) is 17.0. The third kappa shape index (κ3) is 4.16. The van der Waals surface area contributed by atoms with E-state index in [1.165, 1.54) is 42.7 Å². The number of benzene rings is 2. The predicted molar refractivity (Wildman–Crippen MR) is 112 cm³/mol. The van der Waals surface area contributed by atoms with Gasteiger partial charge in [0.1, 0.15) is 0 Å². The van der Waals surface area contributed by atoms with Crippen molar-refractivity contribution in [2.45, 2.75) is 25.2 Å². The second-order valence-corrected chi connectivity index (χ2v) is 7.90. The number of rotatable bonds is 6. The summed E-state index contributed by atoms with van der Waals surface area (Å²) in [6.45, 7) is 6.89. The van der Waals surface area contributed by atoms with Crippen molar-refractivity contribution in [3.63, 3.8) is 0 Å². The van der Waals surface area contributed by atoms with E-state index in [9.17, 15) is 0 Å². The number of hydrogen-bond donors (Lipinski definition) is 1. The fourth-order valence-corrected chi connectivity index (χ4v) is 4.35. The number of para-hydroxylation sites is 1. The molecule has 4 rings (SSSR count). The smallest absolute Gasteiger partial charge is 0.0407 e. The van der Waals surface area contributed by atoms with Crippen LogP contribution in [-0.4, -0.2) is 44.2 Å². The lowest BCUT2D eigenvalue weighted by atomic mass is 9.95. The van der Waals surface area contributed by atoms with Crippen LogP contribution in [0.2, 0.25) is 5.02 Å². The Morgan fingerprint density at radius 1 is 0.923 bits per heavy atom. The van der Waals surface area contributed by atoms with Gasteiger partial charge in [0.05, 0.1) is 0 Å². The number of nitrogens with zero attached hydrogens (tertiary/aromatic N) is 2. The molecule has 2 aliphatic rings. The Hall–Kier alpha value is -1.71. The van der Waals surface area contributed by atoms with Gasteiger partial charge in [-0.1, -0.05) is 36.2 Å². The van der Waals surface area contributed by atoms with Crippen LogP contribution in [0.3, 0.4) is 0 Å². The van der Waals surface area contributed by atoms with Gasteiger partial charge in [-0.05, 0) is 55.3 Å². The first-order valence-corrected chi connectivity index (χ1v) is 10.2. The van der Waals surface area contributed by atoms with Crippen LogP contribution >= 0.6 is 11.6 Å². The number of halogens is 1. The van der Waals surface area contributed by atoms with E-state index in [2.05, 4.69) is 51.5 Å². The Balaban J connectivity index is 1.16. The van der Waals surface area contributed by atoms with Crippen LogP contribution in [0, 0.1) is 0 Å². The van der Waals surface area contributed by atoms with E-state index in [1.807, 2.05) is 12.1 Å². The van der Waals surface area contributed by atoms with Crippen molar-refractivity contribution in [1.82, 2.24) is 4.90 Å². The molecule has 0 radical (unpaired) electrons. The molecule has 1 N–H and O–H groups in total. The van der Waals surface area contributed by atoms with Crippen LogP contribution in [0.15, 0.2) is 48.5 Å². The first-order valence-electron chi connectivity index (χ1n) is 9.85. The molecule has 0 saturated carbocycles. The maximum absolute atomic E-state index is 5.99. The molecule has 0 amide bonds. The lowest BCUT2D eigenvalue weighted by molar-refractivity contribution is 0.251. The third-order valence-electron chi connectivity index (χ3n) is 5.78. The molecule has 1 unspecified atom stereocenters. The molecule has 0 bridgehead atoms. The normalized spacial score (nSPS) is 20.0. The SMILES string of the molecule is Clc1ccc(N2CCN(CCCCC3CNc4ccccc43)CC2)cc1. The highest BCUT2D eigenvalue weighted by Gasteiger charge is 2.21. The zero-order valence-corrected chi connectivity index (χ0v) is 16.1. The second-order valence-electron chi connectivity index (χ2n) is 7.47. The summed E-state index contributed by atoms with van der Waals surface area (Å²) in [4.78, 5) is 5.08. The van der Waals surface area contributed by atoms with E-state index < -0.39 is 0 Å². The van der Waals surface area contributed by atoms with Crippen molar-refractivity contribution in [1.29, 1.82) is 0 Å². The number of unbranched alkanes of at least 4 members (excludes halogenated alkanes) is 1.